The van der Waals surface area contributed by atoms with Crippen molar-refractivity contribution in [2.45, 2.75) is 6.61 Å². The van der Waals surface area contributed by atoms with Crippen LogP contribution >= 0.6 is 40.4 Å². The molecule has 1 amide bonds. The molecule has 0 aromatic heterocycles. The Labute approximate surface area is 194 Å². The van der Waals surface area contributed by atoms with Crippen molar-refractivity contribution in [2.24, 2.45) is 0 Å². The van der Waals surface area contributed by atoms with E-state index in [2.05, 4.69) is 31.9 Å². The normalized spacial score (nSPS) is 10.0. The van der Waals surface area contributed by atoms with Gasteiger partial charge in [0, 0.05) is 21.8 Å². The molecule has 30 heavy (non-hydrogen) atoms. The quantitative estimate of drug-likeness (QED) is 0.428. The minimum Gasteiger partial charge on any atom is -0.489 e. The summed E-state index contributed by atoms with van der Waals surface area (Å²) in [4.78, 5) is 12.1. The van der Waals surface area contributed by atoms with E-state index in [4.69, 9.17) is 29.2 Å². The number of carbonyl (C=O) groups excluding carboxylic acids is 1. The number of anilines is 1. The Hall–Kier alpha value is -2.81. The van der Waals surface area contributed by atoms with Gasteiger partial charge in [0.2, 0.25) is 0 Å². The van der Waals surface area contributed by atoms with Crippen LogP contribution in [0.3, 0.4) is 0 Å². The van der Waals surface area contributed by atoms with Crippen molar-refractivity contribution in [2.75, 3.05) is 5.32 Å². The number of hydrogen-bond donors (Lipinski definition) is 3. The van der Waals surface area contributed by atoms with Crippen LogP contribution in [-0.2, 0) is 6.61 Å². The van der Waals surface area contributed by atoms with Crippen LogP contribution < -0.4 is 20.7 Å². The summed E-state index contributed by atoms with van der Waals surface area (Å²) >= 11 is 13.9. The maximum absolute atomic E-state index is 12.1. The zero-order valence-corrected chi connectivity index (χ0v) is 18.9. The third kappa shape index (κ3) is 6.91. The fourth-order valence-corrected chi connectivity index (χ4v) is 3.47. The standard InChI is InChI=1S/C22H18BrN3O2S2/c23-17-11-18(13-19(12-17)28-14-15-7-3-1-4-8-15)24-21(29)26-22(30)25-20(27)16-9-5-2-6-10-16/h1-13H,14H2,(H3,24,25,26,27,29,30). The summed E-state index contributed by atoms with van der Waals surface area (Å²) in [7, 11) is 0. The third-order valence-electron chi connectivity index (χ3n) is 3.87. The van der Waals surface area contributed by atoms with E-state index in [0.29, 0.717) is 23.6 Å². The minimum absolute atomic E-state index is 0.108. The maximum Gasteiger partial charge on any atom is 0.257 e. The number of ether oxygens (including phenoxy) is 1. The Morgan fingerprint density at radius 2 is 1.53 bits per heavy atom. The highest BCUT2D eigenvalue weighted by molar-refractivity contribution is 9.10. The molecule has 0 spiro atoms. The maximum atomic E-state index is 12.1. The second-order valence-electron chi connectivity index (χ2n) is 6.18. The van der Waals surface area contributed by atoms with E-state index in [9.17, 15) is 4.79 Å². The van der Waals surface area contributed by atoms with E-state index in [1.54, 1.807) is 24.3 Å². The van der Waals surface area contributed by atoms with Crippen LogP contribution in [0, 0.1) is 0 Å². The molecule has 8 heteroatoms. The first-order valence-corrected chi connectivity index (χ1v) is 10.6. The van der Waals surface area contributed by atoms with E-state index in [0.717, 1.165) is 10.0 Å². The molecular formula is C22H18BrN3O2S2. The summed E-state index contributed by atoms with van der Waals surface area (Å²) in [6.07, 6.45) is 0. The van der Waals surface area contributed by atoms with Crippen molar-refractivity contribution in [3.05, 3.63) is 94.5 Å². The van der Waals surface area contributed by atoms with Crippen LogP contribution in [0.25, 0.3) is 0 Å². The first-order valence-electron chi connectivity index (χ1n) is 8.95. The molecule has 3 aromatic carbocycles. The lowest BCUT2D eigenvalue weighted by atomic mass is 10.2. The Kier molecular flexibility index (Phi) is 7.89. The van der Waals surface area contributed by atoms with E-state index in [1.807, 2.05) is 54.6 Å². The lowest BCUT2D eigenvalue weighted by molar-refractivity contribution is 0.0977. The summed E-state index contributed by atoms with van der Waals surface area (Å²) in [5, 5.41) is 8.78. The zero-order chi connectivity index (χ0) is 21.3. The molecule has 0 radical (unpaired) electrons. The molecular weight excluding hydrogens is 482 g/mol. The van der Waals surface area contributed by atoms with Crippen LogP contribution in [0.5, 0.6) is 5.75 Å². The fourth-order valence-electron chi connectivity index (χ4n) is 2.52. The Morgan fingerprint density at radius 3 is 2.23 bits per heavy atom. The van der Waals surface area contributed by atoms with Crippen LogP contribution in [0.4, 0.5) is 5.69 Å². The van der Waals surface area contributed by atoms with Gasteiger partial charge in [-0.1, -0.05) is 64.5 Å². The van der Waals surface area contributed by atoms with Gasteiger partial charge in [-0.05, 0) is 54.3 Å². The largest absolute Gasteiger partial charge is 0.489 e. The van der Waals surface area contributed by atoms with Gasteiger partial charge in [-0.25, -0.2) is 0 Å². The summed E-state index contributed by atoms with van der Waals surface area (Å²) in [5.74, 6) is 0.369. The molecule has 0 saturated heterocycles. The summed E-state index contributed by atoms with van der Waals surface area (Å²) in [6, 6.07) is 24.3. The van der Waals surface area contributed by atoms with Crippen LogP contribution in [0.2, 0.25) is 0 Å². The molecule has 0 atom stereocenters. The van der Waals surface area contributed by atoms with Crippen molar-refractivity contribution < 1.29 is 9.53 Å². The second-order valence-corrected chi connectivity index (χ2v) is 7.91. The van der Waals surface area contributed by atoms with Gasteiger partial charge in [0.1, 0.15) is 12.4 Å². The van der Waals surface area contributed by atoms with Gasteiger partial charge in [0.05, 0.1) is 0 Å². The molecule has 0 aliphatic carbocycles. The Morgan fingerprint density at radius 1 is 0.867 bits per heavy atom. The van der Waals surface area contributed by atoms with Crippen molar-refractivity contribution in [3.63, 3.8) is 0 Å². The molecule has 0 bridgehead atoms. The predicted octanol–water partition coefficient (Wildman–Crippen LogP) is 5.03. The number of benzene rings is 3. The van der Waals surface area contributed by atoms with Gasteiger partial charge in [0.15, 0.2) is 10.2 Å². The number of halogens is 1. The highest BCUT2D eigenvalue weighted by Gasteiger charge is 2.09. The van der Waals surface area contributed by atoms with Gasteiger partial charge in [-0.15, -0.1) is 0 Å². The van der Waals surface area contributed by atoms with Gasteiger partial charge in [-0.2, -0.15) is 0 Å². The highest BCUT2D eigenvalue weighted by Crippen LogP contribution is 2.25. The van der Waals surface area contributed by atoms with Gasteiger partial charge in [-0.3, -0.25) is 10.1 Å². The van der Waals surface area contributed by atoms with E-state index in [-0.39, 0.29) is 16.1 Å². The van der Waals surface area contributed by atoms with Crippen LogP contribution in [0.15, 0.2) is 83.3 Å². The monoisotopic (exact) mass is 499 g/mol. The molecule has 3 rings (SSSR count). The van der Waals surface area contributed by atoms with Crippen molar-refractivity contribution >= 4 is 62.2 Å². The molecule has 3 N–H and O–H groups in total. The number of amides is 1. The Balaban J connectivity index is 1.54. The molecule has 0 fully saturated rings. The first-order chi connectivity index (χ1) is 14.5. The number of hydrogen-bond acceptors (Lipinski definition) is 4. The SMILES string of the molecule is O=C(NC(=S)NC(=S)Nc1cc(Br)cc(OCc2ccccc2)c1)c1ccccc1. The molecule has 0 heterocycles. The lowest BCUT2D eigenvalue weighted by Crippen LogP contribution is -2.43. The van der Waals surface area contributed by atoms with Gasteiger partial charge < -0.3 is 15.4 Å². The van der Waals surface area contributed by atoms with Crippen LogP contribution in [0.1, 0.15) is 15.9 Å². The van der Waals surface area contributed by atoms with Crippen molar-refractivity contribution in [1.82, 2.24) is 10.6 Å². The van der Waals surface area contributed by atoms with Crippen molar-refractivity contribution in [1.29, 1.82) is 0 Å². The van der Waals surface area contributed by atoms with E-state index in [1.165, 1.54) is 0 Å². The van der Waals surface area contributed by atoms with Crippen molar-refractivity contribution in [3.8, 4) is 5.75 Å². The highest BCUT2D eigenvalue weighted by atomic mass is 79.9. The van der Waals surface area contributed by atoms with Gasteiger partial charge in [0.25, 0.3) is 5.91 Å². The van der Waals surface area contributed by atoms with E-state index < -0.39 is 0 Å². The molecule has 5 nitrogen and oxygen atoms in total. The molecule has 3 aromatic rings. The average Bonchev–Trinajstić information content (AvgIpc) is 2.73. The molecule has 0 saturated carbocycles. The number of thiocarbonyl (C=S) groups is 2. The summed E-state index contributed by atoms with van der Waals surface area (Å²) in [5.41, 5.74) is 2.29. The fraction of sp³-hybridized carbons (Fsp3) is 0.0455. The number of rotatable bonds is 5. The third-order valence-corrected chi connectivity index (χ3v) is 4.73. The summed E-state index contributed by atoms with van der Waals surface area (Å²) < 4.78 is 6.69. The van der Waals surface area contributed by atoms with Crippen LogP contribution in [-0.4, -0.2) is 16.1 Å². The van der Waals surface area contributed by atoms with Gasteiger partial charge >= 0.3 is 0 Å². The molecule has 0 aliphatic rings. The topological polar surface area (TPSA) is 62.4 Å². The minimum atomic E-state index is -0.310. The smallest absolute Gasteiger partial charge is 0.257 e. The average molecular weight is 500 g/mol. The first kappa shape index (κ1) is 21.9. The molecule has 0 aliphatic heterocycles. The lowest BCUT2D eigenvalue weighted by Gasteiger charge is -2.14. The van der Waals surface area contributed by atoms with E-state index >= 15 is 0 Å². The number of nitrogens with one attached hydrogen (secondary N) is 3. The predicted molar refractivity (Wildman–Crippen MR) is 131 cm³/mol. The summed E-state index contributed by atoms with van der Waals surface area (Å²) in [6.45, 7) is 0.453. The number of carbonyl (C=O) groups is 1. The zero-order valence-electron chi connectivity index (χ0n) is 15.7. The molecule has 152 valence electrons. The Bertz CT molecular complexity index is 1050. The second kappa shape index (κ2) is 10.8. The molecule has 0 unspecified atom stereocenters.